The lowest BCUT2D eigenvalue weighted by Crippen LogP contribution is -2.38. The van der Waals surface area contributed by atoms with Gasteiger partial charge in [0, 0.05) is 29.4 Å². The van der Waals surface area contributed by atoms with Crippen molar-refractivity contribution in [1.82, 2.24) is 4.98 Å². The van der Waals surface area contributed by atoms with Gasteiger partial charge in [-0.1, -0.05) is 26.0 Å². The van der Waals surface area contributed by atoms with E-state index >= 15 is 0 Å². The van der Waals surface area contributed by atoms with Crippen molar-refractivity contribution >= 4 is 22.3 Å². The largest absolute Gasteiger partial charge is 0.388 e. The number of nitrogens with one attached hydrogen (secondary N) is 1. The Balaban J connectivity index is 2.46. The lowest BCUT2D eigenvalue weighted by atomic mass is 9.92. The summed E-state index contributed by atoms with van der Waals surface area (Å²) >= 11 is 0. The standard InChI is InChI=1S/C16H21N3O3/c1-10(2)16(4,20)9-17-13-8-11(3)18-15-12(13)6-5-7-14(15)19(21)22/h5-8,10,20H,9H2,1-4H3,(H,17,18). The Morgan fingerprint density at radius 1 is 1.45 bits per heavy atom. The van der Waals surface area contributed by atoms with Gasteiger partial charge in [-0.3, -0.25) is 10.1 Å². The predicted molar refractivity (Wildman–Crippen MR) is 87.1 cm³/mol. The minimum absolute atomic E-state index is 0.0140. The SMILES string of the molecule is Cc1cc(NCC(C)(O)C(C)C)c2cccc([N+](=O)[O-])c2n1. The lowest BCUT2D eigenvalue weighted by molar-refractivity contribution is -0.383. The second kappa shape index (κ2) is 5.88. The molecular weight excluding hydrogens is 282 g/mol. The van der Waals surface area contributed by atoms with Crippen LogP contribution >= 0.6 is 0 Å². The number of fused-ring (bicyclic) bond motifs is 1. The number of aromatic nitrogens is 1. The van der Waals surface area contributed by atoms with Crippen LogP contribution in [0.4, 0.5) is 11.4 Å². The third-order valence-corrected chi connectivity index (χ3v) is 4.02. The zero-order valence-corrected chi connectivity index (χ0v) is 13.3. The van der Waals surface area contributed by atoms with E-state index in [-0.39, 0.29) is 11.6 Å². The molecule has 22 heavy (non-hydrogen) atoms. The van der Waals surface area contributed by atoms with Gasteiger partial charge in [-0.2, -0.15) is 0 Å². The van der Waals surface area contributed by atoms with Gasteiger partial charge in [0.1, 0.15) is 0 Å². The van der Waals surface area contributed by atoms with Crippen molar-refractivity contribution in [2.24, 2.45) is 5.92 Å². The molecule has 1 aromatic carbocycles. The Bertz CT molecular complexity index is 711. The summed E-state index contributed by atoms with van der Waals surface area (Å²) in [6.45, 7) is 7.81. The molecule has 1 atom stereocenters. The highest BCUT2D eigenvalue weighted by molar-refractivity contribution is 5.96. The number of non-ortho nitro benzene ring substituents is 1. The van der Waals surface area contributed by atoms with Crippen LogP contribution in [-0.4, -0.2) is 27.2 Å². The Labute approximate surface area is 129 Å². The third kappa shape index (κ3) is 3.17. The fourth-order valence-electron chi connectivity index (χ4n) is 2.13. The molecule has 1 heterocycles. The van der Waals surface area contributed by atoms with E-state index in [2.05, 4.69) is 10.3 Å². The van der Waals surface area contributed by atoms with E-state index in [1.54, 1.807) is 26.0 Å². The van der Waals surface area contributed by atoms with Crippen LogP contribution in [0.2, 0.25) is 0 Å². The predicted octanol–water partition coefficient (Wildman–Crippen LogP) is 3.27. The van der Waals surface area contributed by atoms with Crippen molar-refractivity contribution < 1.29 is 10.0 Å². The summed E-state index contributed by atoms with van der Waals surface area (Å²) in [7, 11) is 0. The summed E-state index contributed by atoms with van der Waals surface area (Å²) in [6, 6.07) is 6.72. The van der Waals surface area contributed by atoms with Crippen LogP contribution in [0.25, 0.3) is 10.9 Å². The van der Waals surface area contributed by atoms with Crippen LogP contribution < -0.4 is 5.32 Å². The number of benzene rings is 1. The molecule has 0 bridgehead atoms. The zero-order chi connectivity index (χ0) is 16.5. The number of nitro groups is 1. The number of pyridine rings is 1. The summed E-state index contributed by atoms with van der Waals surface area (Å²) in [5.74, 6) is 0.0866. The third-order valence-electron chi connectivity index (χ3n) is 4.02. The van der Waals surface area contributed by atoms with E-state index in [4.69, 9.17) is 0 Å². The molecule has 6 nitrogen and oxygen atoms in total. The first-order valence-electron chi connectivity index (χ1n) is 7.23. The second-order valence-electron chi connectivity index (χ2n) is 6.11. The van der Waals surface area contributed by atoms with Crippen molar-refractivity contribution in [3.63, 3.8) is 0 Å². The fraction of sp³-hybridized carbons (Fsp3) is 0.438. The topological polar surface area (TPSA) is 88.3 Å². The van der Waals surface area contributed by atoms with E-state index in [1.165, 1.54) is 6.07 Å². The first-order chi connectivity index (χ1) is 10.2. The first-order valence-corrected chi connectivity index (χ1v) is 7.23. The molecule has 0 amide bonds. The number of aliphatic hydroxyl groups is 1. The summed E-state index contributed by atoms with van der Waals surface area (Å²) in [6.07, 6.45) is 0. The number of nitrogens with zero attached hydrogens (tertiary/aromatic N) is 2. The van der Waals surface area contributed by atoms with Crippen molar-refractivity contribution in [2.75, 3.05) is 11.9 Å². The van der Waals surface area contributed by atoms with Crippen LogP contribution in [-0.2, 0) is 0 Å². The summed E-state index contributed by atoms with van der Waals surface area (Å²) in [4.78, 5) is 15.0. The quantitative estimate of drug-likeness (QED) is 0.653. The number of nitro benzene ring substituents is 1. The van der Waals surface area contributed by atoms with Gasteiger partial charge in [-0.05, 0) is 25.8 Å². The number of anilines is 1. The van der Waals surface area contributed by atoms with Crippen LogP contribution in [0.15, 0.2) is 24.3 Å². The molecule has 0 spiro atoms. The maximum atomic E-state index is 11.1. The molecule has 0 aliphatic rings. The minimum atomic E-state index is -0.871. The minimum Gasteiger partial charge on any atom is -0.388 e. The Morgan fingerprint density at radius 3 is 2.73 bits per heavy atom. The molecule has 0 radical (unpaired) electrons. The molecular formula is C16H21N3O3. The molecule has 0 saturated carbocycles. The molecule has 2 N–H and O–H groups in total. The summed E-state index contributed by atoms with van der Waals surface area (Å²) in [5.41, 5.74) is 0.907. The van der Waals surface area contributed by atoms with Gasteiger partial charge in [0.05, 0.1) is 10.5 Å². The highest BCUT2D eigenvalue weighted by Crippen LogP contribution is 2.30. The maximum Gasteiger partial charge on any atom is 0.295 e. The van der Waals surface area contributed by atoms with Gasteiger partial charge >= 0.3 is 0 Å². The molecule has 0 saturated heterocycles. The molecule has 2 rings (SSSR count). The molecule has 0 fully saturated rings. The Hall–Kier alpha value is -2.21. The van der Waals surface area contributed by atoms with Crippen molar-refractivity contribution in [3.05, 3.63) is 40.1 Å². The molecule has 1 unspecified atom stereocenters. The number of hydrogen-bond acceptors (Lipinski definition) is 5. The van der Waals surface area contributed by atoms with Gasteiger partial charge in [0.25, 0.3) is 5.69 Å². The number of aryl methyl sites for hydroxylation is 1. The fourth-order valence-corrected chi connectivity index (χ4v) is 2.13. The average Bonchev–Trinajstić information content (AvgIpc) is 2.43. The Kier molecular flexibility index (Phi) is 4.32. The second-order valence-corrected chi connectivity index (χ2v) is 6.11. The molecule has 2 aromatic rings. The average molecular weight is 303 g/mol. The summed E-state index contributed by atoms with van der Waals surface area (Å²) in [5, 5.41) is 25.4. The molecule has 0 aliphatic carbocycles. The monoisotopic (exact) mass is 303 g/mol. The van der Waals surface area contributed by atoms with E-state index in [1.807, 2.05) is 19.9 Å². The lowest BCUT2D eigenvalue weighted by Gasteiger charge is -2.28. The van der Waals surface area contributed by atoms with Crippen LogP contribution in [0.5, 0.6) is 0 Å². The van der Waals surface area contributed by atoms with Crippen molar-refractivity contribution in [2.45, 2.75) is 33.3 Å². The van der Waals surface area contributed by atoms with Crippen molar-refractivity contribution in [3.8, 4) is 0 Å². The zero-order valence-electron chi connectivity index (χ0n) is 13.3. The smallest absolute Gasteiger partial charge is 0.295 e. The molecule has 1 aromatic heterocycles. The van der Waals surface area contributed by atoms with Gasteiger partial charge < -0.3 is 10.4 Å². The molecule has 6 heteroatoms. The first kappa shape index (κ1) is 16.2. The Morgan fingerprint density at radius 2 is 2.14 bits per heavy atom. The normalized spacial score (nSPS) is 14.1. The van der Waals surface area contributed by atoms with Crippen molar-refractivity contribution in [1.29, 1.82) is 0 Å². The number of para-hydroxylation sites is 1. The van der Waals surface area contributed by atoms with Crippen LogP contribution in [0.3, 0.4) is 0 Å². The number of rotatable bonds is 5. The van der Waals surface area contributed by atoms with Crippen LogP contribution in [0.1, 0.15) is 26.5 Å². The van der Waals surface area contributed by atoms with E-state index in [9.17, 15) is 15.2 Å². The number of hydrogen-bond donors (Lipinski definition) is 2. The van der Waals surface area contributed by atoms with Gasteiger partial charge in [-0.15, -0.1) is 0 Å². The van der Waals surface area contributed by atoms with E-state index in [0.717, 1.165) is 5.69 Å². The highest BCUT2D eigenvalue weighted by atomic mass is 16.6. The molecule has 0 aliphatic heterocycles. The summed E-state index contributed by atoms with van der Waals surface area (Å²) < 4.78 is 0. The molecule has 118 valence electrons. The van der Waals surface area contributed by atoms with Gasteiger partial charge in [0.15, 0.2) is 5.52 Å². The highest BCUT2D eigenvalue weighted by Gasteiger charge is 2.25. The maximum absolute atomic E-state index is 11.1. The van der Waals surface area contributed by atoms with Gasteiger partial charge in [-0.25, -0.2) is 4.98 Å². The van der Waals surface area contributed by atoms with Crippen LogP contribution in [0, 0.1) is 23.0 Å². The van der Waals surface area contributed by atoms with Gasteiger partial charge in [0.2, 0.25) is 0 Å². The van der Waals surface area contributed by atoms with E-state index < -0.39 is 10.5 Å². The van der Waals surface area contributed by atoms with E-state index in [0.29, 0.717) is 23.1 Å².